The van der Waals surface area contributed by atoms with Crippen molar-refractivity contribution in [1.29, 1.82) is 0 Å². The molecule has 5 heteroatoms. The molecule has 0 bridgehead atoms. The van der Waals surface area contributed by atoms with Crippen LogP contribution in [0.1, 0.15) is 26.2 Å². The summed E-state index contributed by atoms with van der Waals surface area (Å²) >= 11 is 0. The lowest BCUT2D eigenvalue weighted by Crippen LogP contribution is -2.31. The quantitative estimate of drug-likeness (QED) is 0.565. The second-order valence-electron chi connectivity index (χ2n) is 2.70. The Morgan fingerprint density at radius 1 is 1.38 bits per heavy atom. The van der Waals surface area contributed by atoms with Crippen molar-refractivity contribution in [3.8, 4) is 0 Å². The van der Waals surface area contributed by atoms with Crippen LogP contribution >= 0.6 is 0 Å². The standard InChI is InChI=1S/C8H16N2O3/c1-2-13-6(8(10)12)4-3-5-7(9)11/h6H,2-5H2,1H3,(H2,9,11)(H2,10,12). The van der Waals surface area contributed by atoms with E-state index in [1.165, 1.54) is 0 Å². The largest absolute Gasteiger partial charge is 0.370 e. The molecule has 1 unspecified atom stereocenters. The van der Waals surface area contributed by atoms with Crippen molar-refractivity contribution >= 4 is 11.8 Å². The Bertz CT molecular complexity index is 182. The van der Waals surface area contributed by atoms with Crippen LogP contribution in [0.5, 0.6) is 0 Å². The second kappa shape index (κ2) is 6.42. The zero-order chi connectivity index (χ0) is 10.3. The van der Waals surface area contributed by atoms with Gasteiger partial charge >= 0.3 is 0 Å². The Kier molecular flexibility index (Phi) is 5.88. The molecule has 1 atom stereocenters. The molecular formula is C8H16N2O3. The maximum Gasteiger partial charge on any atom is 0.246 e. The molecule has 4 N–H and O–H groups in total. The van der Waals surface area contributed by atoms with Gasteiger partial charge in [-0.15, -0.1) is 0 Å². The number of amides is 2. The number of carbonyl (C=O) groups excluding carboxylic acids is 2. The van der Waals surface area contributed by atoms with Crippen LogP contribution in [0.15, 0.2) is 0 Å². The minimum Gasteiger partial charge on any atom is -0.370 e. The van der Waals surface area contributed by atoms with E-state index in [1.807, 2.05) is 0 Å². The Hall–Kier alpha value is -1.10. The summed E-state index contributed by atoms with van der Waals surface area (Å²) in [4.78, 5) is 21.1. The van der Waals surface area contributed by atoms with E-state index >= 15 is 0 Å². The number of hydrogen-bond acceptors (Lipinski definition) is 3. The van der Waals surface area contributed by atoms with Gasteiger partial charge in [-0.05, 0) is 19.8 Å². The normalized spacial score (nSPS) is 12.4. The minimum atomic E-state index is -0.593. The number of rotatable bonds is 7. The fraction of sp³-hybridized carbons (Fsp3) is 0.750. The smallest absolute Gasteiger partial charge is 0.246 e. The van der Waals surface area contributed by atoms with Gasteiger partial charge in [-0.2, -0.15) is 0 Å². The molecule has 76 valence electrons. The second-order valence-corrected chi connectivity index (χ2v) is 2.70. The molecule has 0 aromatic heterocycles. The van der Waals surface area contributed by atoms with Gasteiger partial charge < -0.3 is 16.2 Å². The highest BCUT2D eigenvalue weighted by molar-refractivity contribution is 5.79. The third kappa shape index (κ3) is 6.10. The highest BCUT2D eigenvalue weighted by Crippen LogP contribution is 2.04. The molecule has 0 aromatic carbocycles. The third-order valence-electron chi connectivity index (χ3n) is 1.57. The Morgan fingerprint density at radius 2 is 2.00 bits per heavy atom. The van der Waals surface area contributed by atoms with Crippen LogP contribution in [-0.2, 0) is 14.3 Å². The summed E-state index contributed by atoms with van der Waals surface area (Å²) < 4.78 is 5.06. The number of primary amides is 2. The summed E-state index contributed by atoms with van der Waals surface area (Å²) in [5.41, 5.74) is 9.99. The summed E-state index contributed by atoms with van der Waals surface area (Å²) in [5, 5.41) is 0. The van der Waals surface area contributed by atoms with Gasteiger partial charge in [0.15, 0.2) is 0 Å². The molecular weight excluding hydrogens is 172 g/mol. The van der Waals surface area contributed by atoms with Crippen LogP contribution in [0.3, 0.4) is 0 Å². The fourth-order valence-electron chi connectivity index (χ4n) is 0.971. The summed E-state index contributed by atoms with van der Waals surface area (Å²) in [7, 11) is 0. The molecule has 0 aliphatic heterocycles. The van der Waals surface area contributed by atoms with Gasteiger partial charge in [0.05, 0.1) is 0 Å². The van der Waals surface area contributed by atoms with E-state index in [0.717, 1.165) is 0 Å². The molecule has 0 saturated heterocycles. The van der Waals surface area contributed by atoms with Gasteiger partial charge in [0.1, 0.15) is 6.10 Å². The highest BCUT2D eigenvalue weighted by Gasteiger charge is 2.14. The minimum absolute atomic E-state index is 0.261. The first-order chi connectivity index (χ1) is 6.07. The lowest BCUT2D eigenvalue weighted by molar-refractivity contribution is -0.130. The van der Waals surface area contributed by atoms with Crippen molar-refractivity contribution < 1.29 is 14.3 Å². The van der Waals surface area contributed by atoms with Crippen LogP contribution in [0.2, 0.25) is 0 Å². The Morgan fingerprint density at radius 3 is 2.38 bits per heavy atom. The van der Waals surface area contributed by atoms with Crippen LogP contribution in [0, 0.1) is 0 Å². The summed E-state index contributed by atoms with van der Waals surface area (Å²) in [6, 6.07) is 0. The first-order valence-corrected chi connectivity index (χ1v) is 4.27. The third-order valence-corrected chi connectivity index (χ3v) is 1.57. The molecule has 2 amide bonds. The summed E-state index contributed by atoms with van der Waals surface area (Å²) in [6.45, 7) is 2.22. The van der Waals surface area contributed by atoms with Crippen molar-refractivity contribution in [1.82, 2.24) is 0 Å². The summed E-state index contributed by atoms with van der Waals surface area (Å²) in [5.74, 6) is -0.869. The van der Waals surface area contributed by atoms with Crippen molar-refractivity contribution in [3.63, 3.8) is 0 Å². The van der Waals surface area contributed by atoms with Crippen LogP contribution in [-0.4, -0.2) is 24.5 Å². The van der Waals surface area contributed by atoms with Gasteiger partial charge in [-0.1, -0.05) is 0 Å². The predicted molar refractivity (Wildman–Crippen MR) is 47.7 cm³/mol. The summed E-state index contributed by atoms with van der Waals surface area (Å²) in [6.07, 6.45) is 0.649. The molecule has 0 aliphatic carbocycles. The number of nitrogens with two attached hydrogens (primary N) is 2. The zero-order valence-corrected chi connectivity index (χ0v) is 7.79. The molecule has 5 nitrogen and oxygen atoms in total. The van der Waals surface area contributed by atoms with Crippen molar-refractivity contribution in [2.24, 2.45) is 11.5 Å². The van der Waals surface area contributed by atoms with E-state index in [4.69, 9.17) is 16.2 Å². The van der Waals surface area contributed by atoms with Gasteiger partial charge in [0.2, 0.25) is 11.8 Å². The topological polar surface area (TPSA) is 95.4 Å². The van der Waals surface area contributed by atoms with Crippen molar-refractivity contribution in [2.75, 3.05) is 6.61 Å². The van der Waals surface area contributed by atoms with Crippen molar-refractivity contribution in [3.05, 3.63) is 0 Å². The highest BCUT2D eigenvalue weighted by atomic mass is 16.5. The maximum absolute atomic E-state index is 10.7. The maximum atomic E-state index is 10.7. The van der Waals surface area contributed by atoms with Gasteiger partial charge in [-0.3, -0.25) is 9.59 Å². The van der Waals surface area contributed by atoms with E-state index in [1.54, 1.807) is 6.92 Å². The number of ether oxygens (including phenoxy) is 1. The molecule has 0 radical (unpaired) electrons. The van der Waals surface area contributed by atoms with E-state index in [9.17, 15) is 9.59 Å². The van der Waals surface area contributed by atoms with E-state index in [0.29, 0.717) is 19.4 Å². The lowest BCUT2D eigenvalue weighted by atomic mass is 10.1. The average Bonchev–Trinajstić information content (AvgIpc) is 2.02. The molecule has 0 fully saturated rings. The fourth-order valence-corrected chi connectivity index (χ4v) is 0.971. The van der Waals surface area contributed by atoms with Gasteiger partial charge in [0, 0.05) is 13.0 Å². The molecule has 13 heavy (non-hydrogen) atoms. The number of hydrogen-bond donors (Lipinski definition) is 2. The molecule has 0 spiro atoms. The van der Waals surface area contributed by atoms with Gasteiger partial charge in [0.25, 0.3) is 0 Å². The Balaban J connectivity index is 3.69. The van der Waals surface area contributed by atoms with Gasteiger partial charge in [-0.25, -0.2) is 0 Å². The van der Waals surface area contributed by atoms with E-state index in [2.05, 4.69) is 0 Å². The lowest BCUT2D eigenvalue weighted by Gasteiger charge is -2.11. The molecule has 0 saturated carbocycles. The van der Waals surface area contributed by atoms with Crippen LogP contribution in [0.25, 0.3) is 0 Å². The van der Waals surface area contributed by atoms with Crippen LogP contribution in [0.4, 0.5) is 0 Å². The average molecular weight is 188 g/mol. The molecule has 0 aliphatic rings. The SMILES string of the molecule is CCOC(CCCC(N)=O)C(N)=O. The predicted octanol–water partition coefficient (Wildman–Crippen LogP) is -0.468. The van der Waals surface area contributed by atoms with Crippen molar-refractivity contribution in [2.45, 2.75) is 32.3 Å². The first kappa shape index (κ1) is 11.9. The monoisotopic (exact) mass is 188 g/mol. The molecule has 0 rings (SSSR count). The van der Waals surface area contributed by atoms with E-state index in [-0.39, 0.29) is 12.3 Å². The molecule has 0 aromatic rings. The number of carbonyl (C=O) groups is 2. The zero-order valence-electron chi connectivity index (χ0n) is 7.79. The van der Waals surface area contributed by atoms with E-state index < -0.39 is 12.0 Å². The molecule has 0 heterocycles. The first-order valence-electron chi connectivity index (χ1n) is 4.27. The van der Waals surface area contributed by atoms with Crippen LogP contribution < -0.4 is 11.5 Å². The Labute approximate surface area is 77.4 Å².